The van der Waals surface area contributed by atoms with Crippen LogP contribution in [0.3, 0.4) is 0 Å². The fraction of sp³-hybridized carbons (Fsp3) is 0.471. The van der Waals surface area contributed by atoms with Gasteiger partial charge in [-0.25, -0.2) is 4.79 Å². The van der Waals surface area contributed by atoms with Gasteiger partial charge in [0.25, 0.3) is 0 Å². The molecule has 0 aliphatic carbocycles. The summed E-state index contributed by atoms with van der Waals surface area (Å²) in [6.45, 7) is 7.11. The van der Waals surface area contributed by atoms with Crippen LogP contribution in [0.15, 0.2) is 28.7 Å². The zero-order valence-corrected chi connectivity index (χ0v) is 12.5. The van der Waals surface area contributed by atoms with Gasteiger partial charge in [-0.3, -0.25) is 4.90 Å². The number of para-hydroxylation sites is 1. The summed E-state index contributed by atoms with van der Waals surface area (Å²) in [7, 11) is 0. The largest absolute Gasteiger partial charge is 0.478 e. The van der Waals surface area contributed by atoms with Crippen LogP contribution in [0.2, 0.25) is 0 Å². The molecule has 1 N–H and O–H groups in total. The van der Waals surface area contributed by atoms with Crippen molar-refractivity contribution < 1.29 is 14.3 Å². The summed E-state index contributed by atoms with van der Waals surface area (Å²) < 4.78 is 5.80. The maximum Gasteiger partial charge on any atom is 0.339 e. The number of aromatic carboxylic acids is 1. The third-order valence-electron chi connectivity index (χ3n) is 4.50. The van der Waals surface area contributed by atoms with Gasteiger partial charge in [-0.1, -0.05) is 32.0 Å². The number of carboxylic acids is 1. The van der Waals surface area contributed by atoms with E-state index in [4.69, 9.17) is 4.42 Å². The molecular weight excluding hydrogens is 266 g/mol. The lowest BCUT2D eigenvalue weighted by molar-refractivity contribution is 0.0694. The Kier molecular flexibility index (Phi) is 3.72. The van der Waals surface area contributed by atoms with Crippen LogP contribution in [0.25, 0.3) is 11.0 Å². The van der Waals surface area contributed by atoms with E-state index in [0.29, 0.717) is 40.7 Å². The average molecular weight is 287 g/mol. The molecule has 0 bridgehead atoms. The molecule has 1 unspecified atom stereocenters. The first kappa shape index (κ1) is 14.1. The Morgan fingerprint density at radius 3 is 2.86 bits per heavy atom. The van der Waals surface area contributed by atoms with E-state index in [2.05, 4.69) is 18.7 Å². The van der Waals surface area contributed by atoms with E-state index in [1.165, 1.54) is 6.42 Å². The first-order valence-corrected chi connectivity index (χ1v) is 7.52. The minimum Gasteiger partial charge on any atom is -0.478 e. The lowest BCUT2D eigenvalue weighted by Gasteiger charge is -2.16. The average Bonchev–Trinajstić information content (AvgIpc) is 3.02. The third-order valence-corrected chi connectivity index (χ3v) is 4.50. The Hall–Kier alpha value is -1.81. The summed E-state index contributed by atoms with van der Waals surface area (Å²) >= 11 is 0. The maximum absolute atomic E-state index is 11.6. The number of furan rings is 1. The van der Waals surface area contributed by atoms with Crippen LogP contribution in [-0.4, -0.2) is 29.1 Å². The molecule has 21 heavy (non-hydrogen) atoms. The molecule has 0 saturated carbocycles. The first-order valence-electron chi connectivity index (χ1n) is 7.52. The van der Waals surface area contributed by atoms with Crippen LogP contribution >= 0.6 is 0 Å². The normalized spacial score (nSPS) is 19.7. The highest BCUT2D eigenvalue weighted by atomic mass is 16.4. The van der Waals surface area contributed by atoms with Crippen LogP contribution in [0, 0.1) is 11.8 Å². The molecular formula is C17H21NO3. The molecule has 4 heteroatoms. The van der Waals surface area contributed by atoms with Crippen molar-refractivity contribution in [3.8, 4) is 0 Å². The first-order chi connectivity index (χ1) is 10.1. The smallest absolute Gasteiger partial charge is 0.339 e. The molecule has 112 valence electrons. The number of nitrogens with zero attached hydrogens (tertiary/aromatic N) is 1. The number of hydrogen-bond acceptors (Lipinski definition) is 3. The number of fused-ring (bicyclic) bond motifs is 1. The molecule has 0 amide bonds. The summed E-state index contributed by atoms with van der Waals surface area (Å²) in [5, 5.41) is 10.2. The molecule has 1 saturated heterocycles. The molecule has 1 fully saturated rings. The summed E-state index contributed by atoms with van der Waals surface area (Å²) in [6.07, 6.45) is 1.18. The van der Waals surface area contributed by atoms with Crippen molar-refractivity contribution >= 4 is 16.9 Å². The van der Waals surface area contributed by atoms with E-state index in [0.717, 1.165) is 13.1 Å². The van der Waals surface area contributed by atoms with Gasteiger partial charge in [-0.15, -0.1) is 0 Å². The molecule has 3 rings (SSSR count). The molecule has 4 nitrogen and oxygen atoms in total. The Bertz CT molecular complexity index is 659. The lowest BCUT2D eigenvalue weighted by atomic mass is 9.95. The van der Waals surface area contributed by atoms with E-state index in [1.807, 2.05) is 24.3 Å². The Labute approximate surface area is 124 Å². The zero-order valence-electron chi connectivity index (χ0n) is 12.5. The van der Waals surface area contributed by atoms with Crippen molar-refractivity contribution in [2.24, 2.45) is 11.8 Å². The number of rotatable bonds is 4. The van der Waals surface area contributed by atoms with E-state index in [9.17, 15) is 9.90 Å². The Morgan fingerprint density at radius 2 is 2.19 bits per heavy atom. The van der Waals surface area contributed by atoms with Gasteiger partial charge in [0.2, 0.25) is 0 Å². The predicted molar refractivity (Wildman–Crippen MR) is 81.4 cm³/mol. The van der Waals surface area contributed by atoms with Gasteiger partial charge in [0.05, 0.1) is 6.54 Å². The number of benzene rings is 1. The van der Waals surface area contributed by atoms with Gasteiger partial charge >= 0.3 is 5.97 Å². The van der Waals surface area contributed by atoms with Gasteiger partial charge < -0.3 is 9.52 Å². The van der Waals surface area contributed by atoms with E-state index in [-0.39, 0.29) is 0 Å². The predicted octanol–water partition coefficient (Wildman–Crippen LogP) is 3.61. The molecule has 2 aromatic rings. The van der Waals surface area contributed by atoms with Crippen molar-refractivity contribution in [1.82, 2.24) is 4.90 Å². The zero-order chi connectivity index (χ0) is 15.0. The Balaban J connectivity index is 1.87. The van der Waals surface area contributed by atoms with Crippen molar-refractivity contribution in [3.63, 3.8) is 0 Å². The van der Waals surface area contributed by atoms with Crippen LogP contribution in [0.4, 0.5) is 0 Å². The second-order valence-corrected chi connectivity index (χ2v) is 6.23. The summed E-state index contributed by atoms with van der Waals surface area (Å²) in [5.41, 5.74) is 0.975. The Morgan fingerprint density at radius 1 is 1.43 bits per heavy atom. The van der Waals surface area contributed by atoms with Crippen LogP contribution in [-0.2, 0) is 6.54 Å². The van der Waals surface area contributed by atoms with E-state index in [1.54, 1.807) is 0 Å². The molecule has 1 atom stereocenters. The number of hydrogen-bond donors (Lipinski definition) is 1. The van der Waals surface area contributed by atoms with Crippen LogP contribution in [0.1, 0.15) is 36.4 Å². The third kappa shape index (κ3) is 2.68. The minimum atomic E-state index is -0.908. The number of carbonyl (C=O) groups is 1. The fourth-order valence-corrected chi connectivity index (χ4v) is 3.20. The number of carboxylic acid groups (broad SMARTS) is 1. The minimum absolute atomic E-state index is 0.318. The summed E-state index contributed by atoms with van der Waals surface area (Å²) in [5.74, 6) is 1.04. The van der Waals surface area contributed by atoms with Crippen molar-refractivity contribution in [2.45, 2.75) is 26.8 Å². The molecule has 2 heterocycles. The summed E-state index contributed by atoms with van der Waals surface area (Å²) in [4.78, 5) is 13.9. The van der Waals surface area contributed by atoms with Gasteiger partial charge in [-0.2, -0.15) is 0 Å². The molecule has 1 aromatic carbocycles. The van der Waals surface area contributed by atoms with Crippen molar-refractivity contribution in [2.75, 3.05) is 13.1 Å². The standard InChI is InChI=1S/C17H21NO3/c1-11(2)12-7-8-18(9-12)10-15-16(17(19)20)13-5-3-4-6-14(13)21-15/h3-6,11-12H,7-10H2,1-2H3,(H,19,20). The topological polar surface area (TPSA) is 53.7 Å². The highest BCUT2D eigenvalue weighted by Crippen LogP contribution is 2.30. The molecule has 1 aliphatic heterocycles. The number of likely N-dealkylation sites (tertiary alicyclic amines) is 1. The second kappa shape index (κ2) is 5.53. The van der Waals surface area contributed by atoms with Gasteiger partial charge in [0, 0.05) is 11.9 Å². The molecule has 0 spiro atoms. The summed E-state index contributed by atoms with van der Waals surface area (Å²) in [6, 6.07) is 7.35. The van der Waals surface area contributed by atoms with Crippen molar-refractivity contribution in [1.29, 1.82) is 0 Å². The SMILES string of the molecule is CC(C)C1CCN(Cc2oc3ccccc3c2C(=O)O)C1. The van der Waals surface area contributed by atoms with Crippen LogP contribution in [0.5, 0.6) is 0 Å². The molecule has 0 radical (unpaired) electrons. The van der Waals surface area contributed by atoms with Gasteiger partial charge in [0.1, 0.15) is 16.9 Å². The highest BCUT2D eigenvalue weighted by Gasteiger charge is 2.28. The fourth-order valence-electron chi connectivity index (χ4n) is 3.20. The second-order valence-electron chi connectivity index (χ2n) is 6.23. The van der Waals surface area contributed by atoms with Crippen molar-refractivity contribution in [3.05, 3.63) is 35.6 Å². The van der Waals surface area contributed by atoms with E-state index < -0.39 is 5.97 Å². The van der Waals surface area contributed by atoms with E-state index >= 15 is 0 Å². The lowest BCUT2D eigenvalue weighted by Crippen LogP contribution is -2.22. The maximum atomic E-state index is 11.6. The van der Waals surface area contributed by atoms with Gasteiger partial charge in [-0.05, 0) is 30.9 Å². The van der Waals surface area contributed by atoms with Gasteiger partial charge in [0.15, 0.2) is 0 Å². The quantitative estimate of drug-likeness (QED) is 0.933. The molecule has 1 aromatic heterocycles. The van der Waals surface area contributed by atoms with Crippen LogP contribution < -0.4 is 0 Å². The monoisotopic (exact) mass is 287 g/mol. The molecule has 1 aliphatic rings. The highest BCUT2D eigenvalue weighted by molar-refractivity contribution is 6.03.